The SMILES string of the molecule is OCc1ccc(-c2cnc3sc(NCCN4CCOCC4)nn23)cc1. The lowest BCUT2D eigenvalue weighted by Crippen LogP contribution is -2.39. The van der Waals surface area contributed by atoms with Crippen molar-refractivity contribution in [3.05, 3.63) is 36.0 Å². The standard InChI is InChI=1S/C17H21N5O2S/c23-12-13-1-3-14(4-2-13)15-11-19-17-22(15)20-16(25-17)18-5-6-21-7-9-24-10-8-21/h1-4,11,23H,5-10,12H2,(H,18,20). The van der Waals surface area contributed by atoms with E-state index in [1.807, 2.05) is 35.0 Å². The van der Waals surface area contributed by atoms with Crippen molar-refractivity contribution in [2.45, 2.75) is 6.61 Å². The van der Waals surface area contributed by atoms with Crippen LogP contribution in [0, 0.1) is 0 Å². The fraction of sp³-hybridized carbons (Fsp3) is 0.412. The number of benzene rings is 1. The zero-order chi connectivity index (χ0) is 17.1. The second-order valence-electron chi connectivity index (χ2n) is 5.98. The first-order valence-corrected chi connectivity index (χ1v) is 9.24. The van der Waals surface area contributed by atoms with Gasteiger partial charge in [-0.1, -0.05) is 35.6 Å². The zero-order valence-corrected chi connectivity index (χ0v) is 14.7. The average Bonchev–Trinajstić information content (AvgIpc) is 3.23. The van der Waals surface area contributed by atoms with Crippen molar-refractivity contribution in [2.75, 3.05) is 44.7 Å². The Kier molecular flexibility index (Phi) is 4.93. The van der Waals surface area contributed by atoms with Gasteiger partial charge >= 0.3 is 0 Å². The van der Waals surface area contributed by atoms with Crippen LogP contribution < -0.4 is 5.32 Å². The van der Waals surface area contributed by atoms with E-state index in [9.17, 15) is 0 Å². The third kappa shape index (κ3) is 3.67. The highest BCUT2D eigenvalue weighted by molar-refractivity contribution is 7.20. The molecular formula is C17H21N5O2S. The molecule has 0 spiro atoms. The van der Waals surface area contributed by atoms with Crippen LogP contribution in [-0.2, 0) is 11.3 Å². The number of morpholine rings is 1. The van der Waals surface area contributed by atoms with E-state index >= 15 is 0 Å². The zero-order valence-electron chi connectivity index (χ0n) is 13.9. The monoisotopic (exact) mass is 359 g/mol. The van der Waals surface area contributed by atoms with Crippen LogP contribution in [0.15, 0.2) is 30.5 Å². The van der Waals surface area contributed by atoms with Gasteiger partial charge in [-0.05, 0) is 5.56 Å². The van der Waals surface area contributed by atoms with Crippen LogP contribution in [0.5, 0.6) is 0 Å². The Morgan fingerprint density at radius 1 is 1.20 bits per heavy atom. The lowest BCUT2D eigenvalue weighted by Gasteiger charge is -2.26. The topological polar surface area (TPSA) is 74.9 Å². The van der Waals surface area contributed by atoms with E-state index in [1.165, 1.54) is 0 Å². The number of hydrogen-bond acceptors (Lipinski definition) is 7. The van der Waals surface area contributed by atoms with Crippen LogP contribution in [0.1, 0.15) is 5.56 Å². The summed E-state index contributed by atoms with van der Waals surface area (Å²) in [4.78, 5) is 7.72. The maximum Gasteiger partial charge on any atom is 0.214 e. The summed E-state index contributed by atoms with van der Waals surface area (Å²) in [6.07, 6.45) is 1.84. The van der Waals surface area contributed by atoms with Crippen molar-refractivity contribution < 1.29 is 9.84 Å². The number of nitrogens with zero attached hydrogens (tertiary/aromatic N) is 4. The summed E-state index contributed by atoms with van der Waals surface area (Å²) in [6.45, 7) is 5.54. The van der Waals surface area contributed by atoms with E-state index in [2.05, 4.69) is 20.3 Å². The average molecular weight is 359 g/mol. The van der Waals surface area contributed by atoms with Gasteiger partial charge in [0.25, 0.3) is 0 Å². The number of aliphatic hydroxyl groups excluding tert-OH is 1. The number of ether oxygens (including phenoxy) is 1. The summed E-state index contributed by atoms with van der Waals surface area (Å²) in [7, 11) is 0. The lowest BCUT2D eigenvalue weighted by molar-refractivity contribution is 0.0398. The van der Waals surface area contributed by atoms with Crippen LogP contribution >= 0.6 is 11.3 Å². The van der Waals surface area contributed by atoms with Crippen LogP contribution in [0.25, 0.3) is 16.2 Å². The van der Waals surface area contributed by atoms with Crippen LogP contribution in [0.3, 0.4) is 0 Å². The Balaban J connectivity index is 1.44. The molecule has 0 bridgehead atoms. The number of aliphatic hydroxyl groups is 1. The normalized spacial score (nSPS) is 15.7. The largest absolute Gasteiger partial charge is 0.392 e. The van der Waals surface area contributed by atoms with Crippen molar-refractivity contribution in [3.63, 3.8) is 0 Å². The number of rotatable bonds is 6. The van der Waals surface area contributed by atoms with Crippen molar-refractivity contribution in [1.29, 1.82) is 0 Å². The molecule has 1 aromatic carbocycles. The Bertz CT molecular complexity index is 823. The molecule has 132 valence electrons. The molecule has 7 nitrogen and oxygen atoms in total. The molecule has 0 amide bonds. The van der Waals surface area contributed by atoms with Gasteiger partial charge in [-0.25, -0.2) is 9.50 Å². The predicted molar refractivity (Wildman–Crippen MR) is 98.0 cm³/mol. The molecule has 3 aromatic rings. The van der Waals surface area contributed by atoms with Gasteiger partial charge in [0.2, 0.25) is 10.1 Å². The number of hydrogen-bond donors (Lipinski definition) is 2. The highest BCUT2D eigenvalue weighted by atomic mass is 32.1. The summed E-state index contributed by atoms with van der Waals surface area (Å²) in [6, 6.07) is 7.81. The maximum atomic E-state index is 9.16. The van der Waals surface area contributed by atoms with E-state index < -0.39 is 0 Å². The molecule has 2 aromatic heterocycles. The first-order chi connectivity index (χ1) is 12.3. The molecule has 0 unspecified atom stereocenters. The first-order valence-electron chi connectivity index (χ1n) is 8.42. The molecular weight excluding hydrogens is 338 g/mol. The number of fused-ring (bicyclic) bond motifs is 1. The molecule has 1 aliphatic heterocycles. The summed E-state index contributed by atoms with van der Waals surface area (Å²) in [5, 5.41) is 18.1. The van der Waals surface area contributed by atoms with Gasteiger partial charge < -0.3 is 15.2 Å². The van der Waals surface area contributed by atoms with Crippen LogP contribution in [-0.4, -0.2) is 64.0 Å². The van der Waals surface area contributed by atoms with Gasteiger partial charge in [-0.15, -0.1) is 5.10 Å². The van der Waals surface area contributed by atoms with Gasteiger partial charge in [0, 0.05) is 31.7 Å². The van der Waals surface area contributed by atoms with Crippen molar-refractivity contribution >= 4 is 21.4 Å². The summed E-state index contributed by atoms with van der Waals surface area (Å²) in [5.74, 6) is 0. The minimum Gasteiger partial charge on any atom is -0.392 e. The lowest BCUT2D eigenvalue weighted by atomic mass is 10.1. The number of anilines is 1. The van der Waals surface area contributed by atoms with Gasteiger partial charge in [-0.2, -0.15) is 0 Å². The second kappa shape index (κ2) is 7.49. The van der Waals surface area contributed by atoms with Gasteiger partial charge in [0.05, 0.1) is 31.7 Å². The van der Waals surface area contributed by atoms with E-state index in [-0.39, 0.29) is 6.61 Å². The van der Waals surface area contributed by atoms with Gasteiger partial charge in [-0.3, -0.25) is 4.90 Å². The molecule has 0 saturated carbocycles. The Morgan fingerprint density at radius 2 is 2.00 bits per heavy atom. The van der Waals surface area contributed by atoms with E-state index in [0.717, 1.165) is 66.3 Å². The number of imidazole rings is 1. The molecule has 0 aliphatic carbocycles. The maximum absolute atomic E-state index is 9.16. The summed E-state index contributed by atoms with van der Waals surface area (Å²) >= 11 is 1.55. The molecule has 0 radical (unpaired) electrons. The number of aromatic nitrogens is 3. The van der Waals surface area contributed by atoms with Crippen molar-refractivity contribution in [1.82, 2.24) is 19.5 Å². The fourth-order valence-electron chi connectivity index (χ4n) is 2.89. The third-order valence-electron chi connectivity index (χ3n) is 4.33. The Labute approximate surface area is 149 Å². The molecule has 4 rings (SSSR count). The molecule has 25 heavy (non-hydrogen) atoms. The first kappa shape index (κ1) is 16.5. The molecule has 3 heterocycles. The van der Waals surface area contributed by atoms with E-state index in [0.29, 0.717) is 0 Å². The Morgan fingerprint density at radius 3 is 2.76 bits per heavy atom. The van der Waals surface area contributed by atoms with E-state index in [1.54, 1.807) is 11.3 Å². The predicted octanol–water partition coefficient (Wildman–Crippen LogP) is 1.69. The smallest absolute Gasteiger partial charge is 0.214 e. The van der Waals surface area contributed by atoms with Crippen LogP contribution in [0.4, 0.5) is 5.13 Å². The molecule has 2 N–H and O–H groups in total. The van der Waals surface area contributed by atoms with Crippen LogP contribution in [0.2, 0.25) is 0 Å². The quantitative estimate of drug-likeness (QED) is 0.698. The molecule has 0 atom stereocenters. The molecule has 1 saturated heterocycles. The molecule has 1 aliphatic rings. The van der Waals surface area contributed by atoms with Crippen molar-refractivity contribution in [3.8, 4) is 11.3 Å². The minimum atomic E-state index is 0.0516. The van der Waals surface area contributed by atoms with Gasteiger partial charge in [0.15, 0.2) is 0 Å². The van der Waals surface area contributed by atoms with Gasteiger partial charge in [0.1, 0.15) is 0 Å². The fourth-order valence-corrected chi connectivity index (χ4v) is 3.69. The third-order valence-corrected chi connectivity index (χ3v) is 5.21. The summed E-state index contributed by atoms with van der Waals surface area (Å²) in [5.41, 5.74) is 2.89. The molecule has 1 fully saturated rings. The van der Waals surface area contributed by atoms with Crippen molar-refractivity contribution in [2.24, 2.45) is 0 Å². The highest BCUT2D eigenvalue weighted by Gasteiger charge is 2.13. The highest BCUT2D eigenvalue weighted by Crippen LogP contribution is 2.26. The Hall–Kier alpha value is -2.00. The number of nitrogens with one attached hydrogen (secondary N) is 1. The summed E-state index contributed by atoms with van der Waals surface area (Å²) < 4.78 is 7.24. The minimum absolute atomic E-state index is 0.0516. The van der Waals surface area contributed by atoms with E-state index in [4.69, 9.17) is 9.84 Å². The molecule has 8 heteroatoms. The second-order valence-corrected chi connectivity index (χ2v) is 6.94.